The van der Waals surface area contributed by atoms with E-state index in [1.54, 1.807) is 7.05 Å². The Balaban J connectivity index is 0.00000484. The van der Waals surface area contributed by atoms with Gasteiger partial charge in [0.2, 0.25) is 0 Å². The Hall–Kier alpha value is -1.02. The fourth-order valence-corrected chi connectivity index (χ4v) is 2.07. The van der Waals surface area contributed by atoms with Gasteiger partial charge in [-0.1, -0.05) is 31.5 Å². The van der Waals surface area contributed by atoms with Crippen LogP contribution < -0.4 is 15.4 Å². The van der Waals surface area contributed by atoms with Gasteiger partial charge in [-0.3, -0.25) is 4.99 Å². The maximum atomic E-state index is 5.68. The molecule has 0 atom stereocenters. The van der Waals surface area contributed by atoms with Crippen molar-refractivity contribution in [3.63, 3.8) is 0 Å². The number of ether oxygens (including phenoxy) is 1. The van der Waals surface area contributed by atoms with E-state index in [0.717, 1.165) is 44.4 Å². The lowest BCUT2D eigenvalue weighted by Gasteiger charge is -2.19. The Morgan fingerprint density at radius 1 is 1.09 bits per heavy atom. The molecule has 0 fully saturated rings. The second-order valence-electron chi connectivity index (χ2n) is 5.11. The number of hydrogen-bond donors (Lipinski definition) is 2. The van der Waals surface area contributed by atoms with Gasteiger partial charge in [-0.05, 0) is 32.1 Å². The number of aliphatic imine (C=N–C) groups is 1. The van der Waals surface area contributed by atoms with Gasteiger partial charge in [0.15, 0.2) is 5.96 Å². The van der Waals surface area contributed by atoms with Crippen LogP contribution in [0.1, 0.15) is 19.4 Å². The zero-order chi connectivity index (χ0) is 16.2. The Labute approximate surface area is 157 Å². The molecule has 0 saturated heterocycles. The minimum Gasteiger partial charge on any atom is -0.492 e. The zero-order valence-corrected chi connectivity index (χ0v) is 17.1. The Kier molecular flexibility index (Phi) is 12.8. The average molecular weight is 434 g/mol. The van der Waals surface area contributed by atoms with Crippen LogP contribution in [0.5, 0.6) is 5.75 Å². The highest BCUT2D eigenvalue weighted by molar-refractivity contribution is 14.0. The van der Waals surface area contributed by atoms with Gasteiger partial charge in [0.25, 0.3) is 0 Å². The number of likely N-dealkylation sites (N-methyl/N-ethyl adjacent to an activating group) is 1. The normalized spacial score (nSPS) is 11.1. The molecule has 0 aromatic heterocycles. The number of nitrogens with zero attached hydrogens (tertiary/aromatic N) is 2. The first-order chi connectivity index (χ1) is 10.7. The molecule has 6 heteroatoms. The predicted octanol–water partition coefficient (Wildman–Crippen LogP) is 2.50. The van der Waals surface area contributed by atoms with E-state index in [1.807, 2.05) is 12.1 Å². The number of hydrogen-bond acceptors (Lipinski definition) is 3. The fourth-order valence-electron chi connectivity index (χ4n) is 2.07. The van der Waals surface area contributed by atoms with E-state index in [1.165, 1.54) is 5.56 Å². The maximum Gasteiger partial charge on any atom is 0.191 e. The van der Waals surface area contributed by atoms with Crippen molar-refractivity contribution in [1.29, 1.82) is 0 Å². The first-order valence-corrected chi connectivity index (χ1v) is 8.05. The molecule has 0 bridgehead atoms. The molecular formula is C17H31IN4O. The van der Waals surface area contributed by atoms with Gasteiger partial charge in [-0.2, -0.15) is 0 Å². The van der Waals surface area contributed by atoms with E-state index in [9.17, 15) is 0 Å². The number of benzene rings is 1. The van der Waals surface area contributed by atoms with Gasteiger partial charge in [-0.25, -0.2) is 0 Å². The van der Waals surface area contributed by atoms with Gasteiger partial charge in [-0.15, -0.1) is 24.0 Å². The van der Waals surface area contributed by atoms with Crippen LogP contribution in [0.2, 0.25) is 0 Å². The van der Waals surface area contributed by atoms with Gasteiger partial charge >= 0.3 is 0 Å². The summed E-state index contributed by atoms with van der Waals surface area (Å²) in [4.78, 5) is 6.59. The third-order valence-electron chi connectivity index (χ3n) is 3.52. The number of rotatable bonds is 9. The highest BCUT2D eigenvalue weighted by Gasteiger charge is 2.00. The summed E-state index contributed by atoms with van der Waals surface area (Å²) in [6, 6.07) is 8.09. The summed E-state index contributed by atoms with van der Waals surface area (Å²) in [6.45, 7) is 11.8. The van der Waals surface area contributed by atoms with E-state index in [-0.39, 0.29) is 24.0 Å². The first-order valence-electron chi connectivity index (χ1n) is 8.05. The van der Waals surface area contributed by atoms with Crippen molar-refractivity contribution in [2.75, 3.05) is 46.4 Å². The summed E-state index contributed by atoms with van der Waals surface area (Å²) in [5.41, 5.74) is 1.24. The van der Waals surface area contributed by atoms with Crippen LogP contribution in [0.25, 0.3) is 0 Å². The van der Waals surface area contributed by atoms with Crippen molar-refractivity contribution in [1.82, 2.24) is 15.5 Å². The average Bonchev–Trinajstić information content (AvgIpc) is 2.55. The molecule has 0 saturated carbocycles. The lowest BCUT2D eigenvalue weighted by molar-refractivity contribution is 0.307. The van der Waals surface area contributed by atoms with Crippen molar-refractivity contribution >= 4 is 29.9 Å². The molecule has 1 aromatic carbocycles. The van der Waals surface area contributed by atoms with E-state index in [0.29, 0.717) is 6.61 Å². The predicted molar refractivity (Wildman–Crippen MR) is 109 cm³/mol. The van der Waals surface area contributed by atoms with Crippen molar-refractivity contribution in [2.45, 2.75) is 20.8 Å². The summed E-state index contributed by atoms with van der Waals surface area (Å²) in [5, 5.41) is 6.57. The molecule has 1 aromatic rings. The van der Waals surface area contributed by atoms with Crippen molar-refractivity contribution < 1.29 is 4.74 Å². The second-order valence-corrected chi connectivity index (χ2v) is 5.11. The Morgan fingerprint density at radius 2 is 1.70 bits per heavy atom. The molecule has 23 heavy (non-hydrogen) atoms. The molecule has 1 rings (SSSR count). The molecule has 0 aliphatic heterocycles. The standard InChI is InChI=1S/C17H30N4O.HI/c1-5-21(6-2)13-11-19-17(18-4)20-12-14-22-16-9-7-15(3)8-10-16;/h7-10H,5-6,11-14H2,1-4H3,(H2,18,19,20);1H. The molecule has 0 heterocycles. The third-order valence-corrected chi connectivity index (χ3v) is 3.52. The first kappa shape index (κ1) is 22.0. The molecule has 0 radical (unpaired) electrons. The Bertz CT molecular complexity index is 433. The minimum absolute atomic E-state index is 0. The SMILES string of the molecule is CCN(CC)CCNC(=NC)NCCOc1ccc(C)cc1.I. The lowest BCUT2D eigenvalue weighted by atomic mass is 10.2. The van der Waals surface area contributed by atoms with Crippen LogP contribution in [0.15, 0.2) is 29.3 Å². The lowest BCUT2D eigenvalue weighted by Crippen LogP contribution is -2.42. The van der Waals surface area contributed by atoms with Crippen molar-refractivity contribution in [3.05, 3.63) is 29.8 Å². The van der Waals surface area contributed by atoms with Gasteiger partial charge in [0.05, 0.1) is 6.54 Å². The monoisotopic (exact) mass is 434 g/mol. The molecule has 0 aliphatic rings. The van der Waals surface area contributed by atoms with Crippen LogP contribution in [-0.2, 0) is 0 Å². The molecule has 0 amide bonds. The van der Waals surface area contributed by atoms with E-state index >= 15 is 0 Å². The number of nitrogens with one attached hydrogen (secondary N) is 2. The number of guanidine groups is 1. The van der Waals surface area contributed by atoms with E-state index in [2.05, 4.69) is 53.4 Å². The number of aryl methyl sites for hydroxylation is 1. The van der Waals surface area contributed by atoms with Crippen LogP contribution in [0.3, 0.4) is 0 Å². The largest absolute Gasteiger partial charge is 0.492 e. The smallest absolute Gasteiger partial charge is 0.191 e. The molecule has 132 valence electrons. The minimum atomic E-state index is 0. The maximum absolute atomic E-state index is 5.68. The van der Waals surface area contributed by atoms with Crippen molar-refractivity contribution in [2.24, 2.45) is 4.99 Å². The molecule has 0 spiro atoms. The molecule has 0 aliphatic carbocycles. The zero-order valence-electron chi connectivity index (χ0n) is 14.8. The highest BCUT2D eigenvalue weighted by Crippen LogP contribution is 2.10. The fraction of sp³-hybridized carbons (Fsp3) is 0.588. The van der Waals surface area contributed by atoms with Gasteiger partial charge in [0.1, 0.15) is 12.4 Å². The van der Waals surface area contributed by atoms with Crippen LogP contribution in [0.4, 0.5) is 0 Å². The van der Waals surface area contributed by atoms with Crippen LogP contribution >= 0.6 is 24.0 Å². The summed E-state index contributed by atoms with van der Waals surface area (Å²) in [7, 11) is 1.79. The number of halogens is 1. The molecular weight excluding hydrogens is 403 g/mol. The van der Waals surface area contributed by atoms with Crippen LogP contribution in [-0.4, -0.2) is 57.2 Å². The highest BCUT2D eigenvalue weighted by atomic mass is 127. The summed E-state index contributed by atoms with van der Waals surface area (Å²) < 4.78 is 5.68. The van der Waals surface area contributed by atoms with E-state index in [4.69, 9.17) is 4.74 Å². The molecule has 2 N–H and O–H groups in total. The topological polar surface area (TPSA) is 48.9 Å². The second kappa shape index (κ2) is 13.4. The molecule has 0 unspecified atom stereocenters. The van der Waals surface area contributed by atoms with E-state index < -0.39 is 0 Å². The quantitative estimate of drug-likeness (QED) is 0.272. The third kappa shape index (κ3) is 9.65. The summed E-state index contributed by atoms with van der Waals surface area (Å²) in [5.74, 6) is 1.72. The van der Waals surface area contributed by atoms with Crippen molar-refractivity contribution in [3.8, 4) is 5.75 Å². The van der Waals surface area contributed by atoms with Crippen LogP contribution in [0, 0.1) is 6.92 Å². The Morgan fingerprint density at radius 3 is 2.26 bits per heavy atom. The molecule has 5 nitrogen and oxygen atoms in total. The summed E-state index contributed by atoms with van der Waals surface area (Å²) in [6.07, 6.45) is 0. The van der Waals surface area contributed by atoms with Gasteiger partial charge in [0, 0.05) is 20.1 Å². The van der Waals surface area contributed by atoms with Gasteiger partial charge < -0.3 is 20.3 Å². The summed E-state index contributed by atoms with van der Waals surface area (Å²) >= 11 is 0.